The van der Waals surface area contributed by atoms with E-state index in [1.807, 2.05) is 0 Å². The lowest BCUT2D eigenvalue weighted by Crippen LogP contribution is -2.32. The smallest absolute Gasteiger partial charge is 0.166 e. The summed E-state index contributed by atoms with van der Waals surface area (Å²) in [6, 6.07) is 0. The van der Waals surface area contributed by atoms with Gasteiger partial charge in [-0.15, -0.1) is 0 Å². The lowest BCUT2D eigenvalue weighted by Gasteiger charge is -2.28. The predicted octanol–water partition coefficient (Wildman–Crippen LogP) is 7.39. The summed E-state index contributed by atoms with van der Waals surface area (Å²) in [5.74, 6) is 0. The van der Waals surface area contributed by atoms with Crippen molar-refractivity contribution in [1.82, 2.24) is 0 Å². The third-order valence-corrected chi connectivity index (χ3v) is 3.94. The van der Waals surface area contributed by atoms with E-state index < -0.39 is 62.3 Å². The molecule has 1 rings (SSSR count). The van der Waals surface area contributed by atoms with Gasteiger partial charge in [0.1, 0.15) is 0 Å². The zero-order valence-corrected chi connectivity index (χ0v) is 13.7. The highest BCUT2D eigenvalue weighted by molar-refractivity contribution is 14.1. The Bertz CT molecular complexity index is 672. The van der Waals surface area contributed by atoms with Crippen molar-refractivity contribution in [2.24, 2.45) is 0 Å². The van der Waals surface area contributed by atoms with Crippen molar-refractivity contribution in [3.8, 4) is 0 Å². The van der Waals surface area contributed by atoms with Gasteiger partial charge in [0.05, 0.1) is 27.8 Å². The molecule has 0 saturated heterocycles. The van der Waals surface area contributed by atoms with Crippen molar-refractivity contribution in [3.63, 3.8) is 0 Å². The quantitative estimate of drug-likeness (QED) is 0.236. The Labute approximate surface area is 151 Å². The standard InChI is InChI=1S/C11F15I/c12-7(13,14)1-2(8(15,16)17)4(10(21,22)23)6(27)5(11(24,25)26)3(1)9(18,19)20. The van der Waals surface area contributed by atoms with E-state index in [2.05, 4.69) is 0 Å². The van der Waals surface area contributed by atoms with Gasteiger partial charge in [0.2, 0.25) is 0 Å². The summed E-state index contributed by atoms with van der Waals surface area (Å²) < 4.78 is 191. The number of hydrogen-bond acceptors (Lipinski definition) is 0. The van der Waals surface area contributed by atoms with Crippen LogP contribution < -0.4 is 0 Å². The summed E-state index contributed by atoms with van der Waals surface area (Å²) in [6.45, 7) is 0. The van der Waals surface area contributed by atoms with Crippen LogP contribution in [0.2, 0.25) is 0 Å². The molecule has 0 saturated carbocycles. The molecule has 0 unspecified atom stereocenters. The highest BCUT2D eigenvalue weighted by atomic mass is 127. The van der Waals surface area contributed by atoms with Crippen molar-refractivity contribution in [1.29, 1.82) is 0 Å². The van der Waals surface area contributed by atoms with E-state index in [0.29, 0.717) is 0 Å². The van der Waals surface area contributed by atoms with E-state index in [4.69, 9.17) is 0 Å². The van der Waals surface area contributed by atoms with Crippen molar-refractivity contribution >= 4 is 22.6 Å². The fraction of sp³-hybridized carbons (Fsp3) is 0.455. The summed E-state index contributed by atoms with van der Waals surface area (Å²) in [5, 5.41) is 0. The van der Waals surface area contributed by atoms with Gasteiger partial charge in [-0.1, -0.05) is 0 Å². The molecular weight excluding hydrogens is 544 g/mol. The fourth-order valence-electron chi connectivity index (χ4n) is 2.10. The van der Waals surface area contributed by atoms with Gasteiger partial charge in [-0.3, -0.25) is 0 Å². The minimum atomic E-state index is -6.85. The van der Waals surface area contributed by atoms with Crippen LogP contribution in [0.25, 0.3) is 0 Å². The Morgan fingerprint density at radius 2 is 0.481 bits per heavy atom. The van der Waals surface area contributed by atoms with Crippen molar-refractivity contribution in [3.05, 3.63) is 31.4 Å². The average molecular weight is 544 g/mol. The maximum Gasteiger partial charge on any atom is 0.418 e. The van der Waals surface area contributed by atoms with Crippen LogP contribution in [-0.4, -0.2) is 0 Å². The topological polar surface area (TPSA) is 0 Å². The first-order valence-electron chi connectivity index (χ1n) is 5.77. The summed E-state index contributed by atoms with van der Waals surface area (Å²) >= 11 is -0.140. The molecule has 156 valence electrons. The van der Waals surface area contributed by atoms with Crippen LogP contribution in [0.15, 0.2) is 0 Å². The second-order valence-corrected chi connectivity index (χ2v) is 5.76. The number of halogens is 16. The third kappa shape index (κ3) is 4.67. The lowest BCUT2D eigenvalue weighted by atomic mass is 9.89. The lowest BCUT2D eigenvalue weighted by molar-refractivity contribution is -0.189. The minimum Gasteiger partial charge on any atom is -0.166 e. The summed E-state index contributed by atoms with van der Waals surface area (Å²) in [4.78, 5) is 0. The van der Waals surface area contributed by atoms with Crippen molar-refractivity contribution in [2.45, 2.75) is 30.9 Å². The Balaban J connectivity index is 4.58. The molecule has 0 bridgehead atoms. The number of benzene rings is 1. The molecule has 0 fully saturated rings. The molecule has 16 heteroatoms. The molecule has 0 aliphatic carbocycles. The first kappa shape index (κ1) is 23.9. The minimum absolute atomic E-state index is 0.140. The van der Waals surface area contributed by atoms with Crippen LogP contribution in [0.1, 0.15) is 27.8 Å². The van der Waals surface area contributed by atoms with E-state index in [-0.39, 0.29) is 22.6 Å². The van der Waals surface area contributed by atoms with E-state index >= 15 is 0 Å². The first-order chi connectivity index (χ1) is 11.5. The first-order valence-corrected chi connectivity index (χ1v) is 6.85. The molecular formula is C11F15I. The fourth-order valence-corrected chi connectivity index (χ4v) is 3.25. The molecule has 0 aliphatic rings. The molecule has 0 heterocycles. The highest BCUT2D eigenvalue weighted by Crippen LogP contribution is 2.56. The maximum atomic E-state index is 12.9. The highest BCUT2D eigenvalue weighted by Gasteiger charge is 2.60. The van der Waals surface area contributed by atoms with Crippen molar-refractivity contribution < 1.29 is 65.9 Å². The van der Waals surface area contributed by atoms with Crippen molar-refractivity contribution in [2.75, 3.05) is 0 Å². The average Bonchev–Trinajstić information content (AvgIpc) is 2.29. The van der Waals surface area contributed by atoms with Gasteiger partial charge in [0, 0.05) is 3.57 Å². The Hall–Kier alpha value is -1.10. The molecule has 0 aliphatic heterocycles. The van der Waals surface area contributed by atoms with Crippen LogP contribution in [0.3, 0.4) is 0 Å². The van der Waals surface area contributed by atoms with Gasteiger partial charge in [-0.05, 0) is 22.6 Å². The summed E-state index contributed by atoms with van der Waals surface area (Å²) in [5.41, 5.74) is -18.9. The summed E-state index contributed by atoms with van der Waals surface area (Å²) in [6.07, 6.45) is -33.2. The number of alkyl halides is 15. The van der Waals surface area contributed by atoms with Gasteiger partial charge in [-0.25, -0.2) is 0 Å². The maximum absolute atomic E-state index is 12.9. The molecule has 0 amide bonds. The van der Waals surface area contributed by atoms with E-state index in [1.165, 1.54) is 0 Å². The number of rotatable bonds is 0. The van der Waals surface area contributed by atoms with Gasteiger partial charge in [-0.2, -0.15) is 65.9 Å². The molecule has 1 aromatic rings. The SMILES string of the molecule is FC(F)(F)c1c(I)c(C(F)(F)F)c(C(F)(F)F)c(C(F)(F)F)c1C(F)(F)F. The Morgan fingerprint density at radius 3 is 0.630 bits per heavy atom. The van der Waals surface area contributed by atoms with Gasteiger partial charge in [0.25, 0.3) is 0 Å². The molecule has 0 aromatic heterocycles. The molecule has 27 heavy (non-hydrogen) atoms. The molecule has 0 N–H and O–H groups in total. The third-order valence-electron chi connectivity index (χ3n) is 2.86. The second kappa shape index (κ2) is 6.47. The zero-order valence-electron chi connectivity index (χ0n) is 11.5. The molecule has 0 spiro atoms. The zero-order chi connectivity index (χ0) is 22.0. The Kier molecular flexibility index (Phi) is 5.73. The normalized spacial score (nSPS) is 14.7. The molecule has 0 nitrogen and oxygen atoms in total. The largest absolute Gasteiger partial charge is 0.418 e. The van der Waals surface area contributed by atoms with Gasteiger partial charge >= 0.3 is 30.9 Å². The second-order valence-electron chi connectivity index (χ2n) is 4.68. The van der Waals surface area contributed by atoms with Crippen LogP contribution >= 0.6 is 22.6 Å². The number of hydrogen-bond donors (Lipinski definition) is 0. The Morgan fingerprint density at radius 1 is 0.333 bits per heavy atom. The van der Waals surface area contributed by atoms with E-state index in [1.54, 1.807) is 0 Å². The van der Waals surface area contributed by atoms with Gasteiger partial charge in [0.15, 0.2) is 0 Å². The van der Waals surface area contributed by atoms with E-state index in [9.17, 15) is 65.9 Å². The molecule has 0 atom stereocenters. The van der Waals surface area contributed by atoms with Crippen LogP contribution in [0.4, 0.5) is 65.9 Å². The van der Waals surface area contributed by atoms with E-state index in [0.717, 1.165) is 0 Å². The van der Waals surface area contributed by atoms with Crippen LogP contribution in [0, 0.1) is 3.57 Å². The van der Waals surface area contributed by atoms with Crippen LogP contribution in [-0.2, 0) is 30.9 Å². The van der Waals surface area contributed by atoms with Gasteiger partial charge < -0.3 is 0 Å². The molecule has 0 radical (unpaired) electrons. The monoisotopic (exact) mass is 544 g/mol. The summed E-state index contributed by atoms with van der Waals surface area (Å²) in [7, 11) is 0. The molecule has 1 aromatic carbocycles. The van der Waals surface area contributed by atoms with Crippen LogP contribution in [0.5, 0.6) is 0 Å². The predicted molar refractivity (Wildman–Crippen MR) is 64.2 cm³/mol.